The molecule has 6 heteroatoms. The molecule has 0 fully saturated rings. The first-order valence-corrected chi connectivity index (χ1v) is 6.73. The van der Waals surface area contributed by atoms with Crippen molar-refractivity contribution in [2.24, 2.45) is 4.99 Å². The average Bonchev–Trinajstić information content (AvgIpc) is 2.53. The van der Waals surface area contributed by atoms with E-state index in [0.29, 0.717) is 17.2 Å². The number of rotatable bonds is 5. The molecule has 0 aliphatic heterocycles. The van der Waals surface area contributed by atoms with Gasteiger partial charge in [-0.05, 0) is 48.0 Å². The van der Waals surface area contributed by atoms with E-state index in [1.807, 2.05) is 0 Å². The third kappa shape index (κ3) is 4.41. The molecule has 0 aliphatic carbocycles. The van der Waals surface area contributed by atoms with E-state index in [1.165, 1.54) is 26.2 Å². The number of esters is 1. The first kappa shape index (κ1) is 16.2. The van der Waals surface area contributed by atoms with Gasteiger partial charge in [0, 0.05) is 13.1 Å². The molecular formula is C17H15NO5. The minimum atomic E-state index is -0.980. The molecule has 0 aromatic heterocycles. The van der Waals surface area contributed by atoms with Gasteiger partial charge >= 0.3 is 11.9 Å². The predicted octanol–water partition coefficient (Wildman–Crippen LogP) is 3.07. The van der Waals surface area contributed by atoms with Crippen LogP contribution >= 0.6 is 0 Å². The number of methoxy groups -OCH3 is 1. The van der Waals surface area contributed by atoms with Gasteiger partial charge in [-0.3, -0.25) is 9.79 Å². The van der Waals surface area contributed by atoms with E-state index < -0.39 is 11.9 Å². The van der Waals surface area contributed by atoms with Crippen molar-refractivity contribution in [2.75, 3.05) is 7.11 Å². The minimum Gasteiger partial charge on any atom is -0.493 e. The minimum absolute atomic E-state index is 0.205. The second kappa shape index (κ2) is 7.22. The lowest BCUT2D eigenvalue weighted by Gasteiger charge is -2.08. The van der Waals surface area contributed by atoms with Crippen LogP contribution in [-0.4, -0.2) is 30.4 Å². The van der Waals surface area contributed by atoms with Gasteiger partial charge in [-0.2, -0.15) is 0 Å². The number of hydrogen-bond acceptors (Lipinski definition) is 5. The van der Waals surface area contributed by atoms with E-state index in [4.69, 9.17) is 14.6 Å². The van der Waals surface area contributed by atoms with Crippen LogP contribution in [-0.2, 0) is 4.79 Å². The molecular weight excluding hydrogens is 298 g/mol. The molecule has 0 amide bonds. The molecule has 23 heavy (non-hydrogen) atoms. The molecule has 0 heterocycles. The van der Waals surface area contributed by atoms with E-state index in [-0.39, 0.29) is 5.56 Å². The summed E-state index contributed by atoms with van der Waals surface area (Å²) in [6.07, 6.45) is 1.61. The molecule has 0 spiro atoms. The highest BCUT2D eigenvalue weighted by atomic mass is 16.6. The lowest BCUT2D eigenvalue weighted by Crippen LogP contribution is -2.03. The van der Waals surface area contributed by atoms with Crippen LogP contribution in [0.5, 0.6) is 11.5 Å². The van der Waals surface area contributed by atoms with Crippen molar-refractivity contribution in [3.8, 4) is 11.5 Å². The van der Waals surface area contributed by atoms with Crippen LogP contribution in [0, 0.1) is 0 Å². The maximum Gasteiger partial charge on any atom is 0.335 e. The Labute approximate surface area is 133 Å². The summed E-state index contributed by atoms with van der Waals surface area (Å²) < 4.78 is 10.2. The van der Waals surface area contributed by atoms with Crippen molar-refractivity contribution in [1.82, 2.24) is 0 Å². The average molecular weight is 313 g/mol. The summed E-state index contributed by atoms with van der Waals surface area (Å²) in [7, 11) is 1.48. The van der Waals surface area contributed by atoms with Crippen molar-refractivity contribution >= 4 is 23.8 Å². The zero-order chi connectivity index (χ0) is 16.8. The van der Waals surface area contributed by atoms with Crippen molar-refractivity contribution < 1.29 is 24.2 Å². The summed E-state index contributed by atoms with van der Waals surface area (Å²) >= 11 is 0. The van der Waals surface area contributed by atoms with Crippen LogP contribution in [0.15, 0.2) is 47.5 Å². The molecule has 118 valence electrons. The number of nitrogens with zero attached hydrogens (tertiary/aromatic N) is 1. The molecule has 0 aliphatic rings. The molecule has 0 saturated heterocycles. The Morgan fingerprint density at radius 1 is 1.09 bits per heavy atom. The van der Waals surface area contributed by atoms with Gasteiger partial charge in [-0.25, -0.2) is 4.79 Å². The lowest BCUT2D eigenvalue weighted by molar-refractivity contribution is -0.132. The SMILES string of the molecule is COc1cc(C=Nc2ccc(C(=O)O)cc2)ccc1OC(C)=O. The summed E-state index contributed by atoms with van der Waals surface area (Å²) in [5, 5.41) is 8.84. The number of ether oxygens (including phenoxy) is 2. The first-order valence-electron chi connectivity index (χ1n) is 6.73. The van der Waals surface area contributed by atoms with Gasteiger partial charge in [-0.1, -0.05) is 0 Å². The fourth-order valence-electron chi connectivity index (χ4n) is 1.84. The number of carbonyl (C=O) groups is 2. The van der Waals surface area contributed by atoms with Gasteiger partial charge in [-0.15, -0.1) is 0 Å². The molecule has 2 rings (SSSR count). The van der Waals surface area contributed by atoms with Crippen molar-refractivity contribution in [2.45, 2.75) is 6.92 Å². The second-order valence-corrected chi connectivity index (χ2v) is 4.61. The van der Waals surface area contributed by atoms with E-state index in [2.05, 4.69) is 4.99 Å². The number of aromatic carboxylic acids is 1. The molecule has 2 aromatic carbocycles. The Hall–Kier alpha value is -3.15. The molecule has 6 nitrogen and oxygen atoms in total. The predicted molar refractivity (Wildman–Crippen MR) is 85.0 cm³/mol. The Balaban J connectivity index is 2.18. The van der Waals surface area contributed by atoms with Crippen molar-refractivity contribution in [1.29, 1.82) is 0 Å². The normalized spacial score (nSPS) is 10.5. The lowest BCUT2D eigenvalue weighted by atomic mass is 10.2. The monoisotopic (exact) mass is 313 g/mol. The highest BCUT2D eigenvalue weighted by Gasteiger charge is 2.07. The number of aliphatic imine (C=N–C) groups is 1. The highest BCUT2D eigenvalue weighted by Crippen LogP contribution is 2.28. The standard InChI is InChI=1S/C17H15NO5/c1-11(19)23-15-8-3-12(9-16(15)22-2)10-18-14-6-4-13(5-7-14)17(20)21/h3-10H,1-2H3,(H,20,21). The van der Waals surface area contributed by atoms with Gasteiger partial charge in [0.05, 0.1) is 18.4 Å². The third-order valence-corrected chi connectivity index (χ3v) is 2.92. The van der Waals surface area contributed by atoms with E-state index in [0.717, 1.165) is 5.56 Å². The zero-order valence-corrected chi connectivity index (χ0v) is 12.6. The van der Waals surface area contributed by atoms with E-state index >= 15 is 0 Å². The summed E-state index contributed by atoms with van der Waals surface area (Å²) in [5.74, 6) is -0.650. The number of carbonyl (C=O) groups excluding carboxylic acids is 1. The van der Waals surface area contributed by atoms with Crippen LogP contribution in [0.3, 0.4) is 0 Å². The van der Waals surface area contributed by atoms with Gasteiger partial charge < -0.3 is 14.6 Å². The summed E-state index contributed by atoms with van der Waals surface area (Å²) in [6, 6.07) is 11.2. The van der Waals surface area contributed by atoms with Gasteiger partial charge in [0.1, 0.15) is 0 Å². The smallest absolute Gasteiger partial charge is 0.335 e. The summed E-state index contributed by atoms with van der Waals surface area (Å²) in [5.41, 5.74) is 1.58. The Bertz CT molecular complexity index is 750. The maximum absolute atomic E-state index is 11.0. The molecule has 0 bridgehead atoms. The Morgan fingerprint density at radius 2 is 1.78 bits per heavy atom. The van der Waals surface area contributed by atoms with Crippen LogP contribution in [0.2, 0.25) is 0 Å². The van der Waals surface area contributed by atoms with Crippen molar-refractivity contribution in [3.05, 3.63) is 53.6 Å². The van der Waals surface area contributed by atoms with E-state index in [9.17, 15) is 9.59 Å². The molecule has 0 unspecified atom stereocenters. The molecule has 2 aromatic rings. The summed E-state index contributed by atoms with van der Waals surface area (Å²) in [6.45, 7) is 1.32. The fourth-order valence-corrected chi connectivity index (χ4v) is 1.84. The first-order chi connectivity index (χ1) is 11.0. The van der Waals surface area contributed by atoms with Crippen LogP contribution in [0.1, 0.15) is 22.8 Å². The number of carboxylic acid groups (broad SMARTS) is 1. The number of benzene rings is 2. The van der Waals surface area contributed by atoms with Gasteiger partial charge in [0.15, 0.2) is 11.5 Å². The highest BCUT2D eigenvalue weighted by molar-refractivity contribution is 5.88. The van der Waals surface area contributed by atoms with Crippen molar-refractivity contribution in [3.63, 3.8) is 0 Å². The topological polar surface area (TPSA) is 85.2 Å². The Kier molecular flexibility index (Phi) is 5.09. The Morgan fingerprint density at radius 3 is 2.35 bits per heavy atom. The summed E-state index contributed by atoms with van der Waals surface area (Å²) in [4.78, 5) is 26.1. The largest absolute Gasteiger partial charge is 0.493 e. The van der Waals surface area contributed by atoms with E-state index in [1.54, 1.807) is 36.5 Å². The van der Waals surface area contributed by atoms with Crippen LogP contribution in [0.4, 0.5) is 5.69 Å². The fraction of sp³-hybridized carbons (Fsp3) is 0.118. The number of hydrogen-bond donors (Lipinski definition) is 1. The van der Waals surface area contributed by atoms with Gasteiger partial charge in [0.2, 0.25) is 0 Å². The molecule has 0 atom stereocenters. The zero-order valence-electron chi connectivity index (χ0n) is 12.6. The van der Waals surface area contributed by atoms with Gasteiger partial charge in [0.25, 0.3) is 0 Å². The molecule has 0 radical (unpaired) electrons. The van der Waals surface area contributed by atoms with Crippen LogP contribution < -0.4 is 9.47 Å². The third-order valence-electron chi connectivity index (χ3n) is 2.92. The molecule has 0 saturated carbocycles. The van der Waals surface area contributed by atoms with Crippen LogP contribution in [0.25, 0.3) is 0 Å². The second-order valence-electron chi connectivity index (χ2n) is 4.61. The number of carboxylic acids is 1. The molecule has 1 N–H and O–H groups in total. The maximum atomic E-state index is 11.0. The quantitative estimate of drug-likeness (QED) is 0.521.